The molecule has 1 aliphatic heterocycles. The lowest BCUT2D eigenvalue weighted by molar-refractivity contribution is -0.122. The molecule has 2 rings (SSSR count). The van der Waals surface area contributed by atoms with Crippen molar-refractivity contribution in [3.63, 3.8) is 0 Å². The van der Waals surface area contributed by atoms with Gasteiger partial charge in [0.25, 0.3) is 11.7 Å². The molecule has 0 bridgehead atoms. The highest BCUT2D eigenvalue weighted by atomic mass is 35.5. The number of hydrogen-bond acceptors (Lipinski definition) is 4. The van der Waals surface area contributed by atoms with E-state index >= 15 is 0 Å². The van der Waals surface area contributed by atoms with Gasteiger partial charge in [-0.05, 0) is 12.1 Å². The molecule has 1 aliphatic rings. The topological polar surface area (TPSA) is 86.7 Å². The number of nitrogens with zero attached hydrogens (tertiary/aromatic N) is 1. The summed E-state index contributed by atoms with van der Waals surface area (Å²) in [6, 6.07) is 2.01. The van der Waals surface area contributed by atoms with Crippen molar-refractivity contribution in [2.24, 2.45) is 0 Å². The highest BCUT2D eigenvalue weighted by molar-refractivity contribution is 6.53. The zero-order valence-corrected chi connectivity index (χ0v) is 10.9. The molecule has 0 saturated carbocycles. The predicted molar refractivity (Wildman–Crippen MR) is 68.2 cm³/mol. The summed E-state index contributed by atoms with van der Waals surface area (Å²) in [6.07, 6.45) is 0. The fraction of sp³-hybridized carbons (Fsp3) is 0.250. The summed E-state index contributed by atoms with van der Waals surface area (Å²) in [6.45, 7) is -0.658. The van der Waals surface area contributed by atoms with Gasteiger partial charge in [0.15, 0.2) is 0 Å². The van der Waals surface area contributed by atoms with Crippen LogP contribution in [0, 0.1) is 5.82 Å². The number of nitrogens with one attached hydrogen (secondary N) is 1. The van der Waals surface area contributed by atoms with E-state index in [1.165, 1.54) is 0 Å². The van der Waals surface area contributed by atoms with Crippen molar-refractivity contribution in [2.75, 3.05) is 24.6 Å². The van der Waals surface area contributed by atoms with E-state index in [1.807, 2.05) is 0 Å². The lowest BCUT2D eigenvalue weighted by Gasteiger charge is -2.16. The van der Waals surface area contributed by atoms with Crippen molar-refractivity contribution in [2.45, 2.75) is 0 Å². The molecule has 0 atom stereocenters. The first-order valence-electron chi connectivity index (χ1n) is 5.68. The van der Waals surface area contributed by atoms with Crippen LogP contribution in [0.2, 0.25) is 5.02 Å². The van der Waals surface area contributed by atoms with Crippen LogP contribution in [0.1, 0.15) is 10.4 Å². The zero-order chi connectivity index (χ0) is 14.9. The van der Waals surface area contributed by atoms with Gasteiger partial charge in [-0.15, -0.1) is 0 Å². The quantitative estimate of drug-likeness (QED) is 0.773. The molecule has 1 heterocycles. The van der Waals surface area contributed by atoms with Crippen LogP contribution in [0.15, 0.2) is 12.1 Å². The third kappa shape index (κ3) is 2.50. The third-order valence-corrected chi connectivity index (χ3v) is 3.04. The van der Waals surface area contributed by atoms with Gasteiger partial charge in [0.2, 0.25) is 5.91 Å². The minimum atomic E-state index is -0.916. The molecule has 0 radical (unpaired) electrons. The van der Waals surface area contributed by atoms with Gasteiger partial charge in [-0.2, -0.15) is 0 Å². The number of anilines is 1. The SMILES string of the molecule is O=C(CN1C(=O)C(=O)c2cc(Cl)c(F)cc21)NCCO. The minimum Gasteiger partial charge on any atom is -0.395 e. The summed E-state index contributed by atoms with van der Waals surface area (Å²) >= 11 is 5.56. The van der Waals surface area contributed by atoms with E-state index in [0.717, 1.165) is 17.0 Å². The summed E-state index contributed by atoms with van der Waals surface area (Å²) in [5.41, 5.74) is -0.0163. The Morgan fingerprint density at radius 2 is 2.10 bits per heavy atom. The molecule has 0 aliphatic carbocycles. The van der Waals surface area contributed by atoms with Gasteiger partial charge < -0.3 is 10.4 Å². The number of halogens is 2. The van der Waals surface area contributed by atoms with Crippen molar-refractivity contribution >= 4 is 34.9 Å². The number of aliphatic hydroxyl groups excluding tert-OH is 1. The molecule has 20 heavy (non-hydrogen) atoms. The van der Waals surface area contributed by atoms with E-state index in [-0.39, 0.29) is 29.4 Å². The van der Waals surface area contributed by atoms with Gasteiger partial charge in [-0.1, -0.05) is 11.6 Å². The maximum absolute atomic E-state index is 13.4. The zero-order valence-electron chi connectivity index (χ0n) is 10.2. The van der Waals surface area contributed by atoms with Crippen LogP contribution in [0.5, 0.6) is 0 Å². The van der Waals surface area contributed by atoms with Crippen molar-refractivity contribution in [3.05, 3.63) is 28.5 Å². The molecule has 0 aromatic heterocycles. The Hall–Kier alpha value is -1.99. The van der Waals surface area contributed by atoms with Crippen molar-refractivity contribution in [1.82, 2.24) is 5.32 Å². The van der Waals surface area contributed by atoms with Crippen LogP contribution in [0.3, 0.4) is 0 Å². The van der Waals surface area contributed by atoms with Crippen LogP contribution >= 0.6 is 11.6 Å². The minimum absolute atomic E-state index is 0.0149. The second-order valence-corrected chi connectivity index (χ2v) is 4.48. The summed E-state index contributed by atoms with van der Waals surface area (Å²) in [4.78, 5) is 35.9. The summed E-state index contributed by atoms with van der Waals surface area (Å²) in [5, 5.41) is 10.7. The fourth-order valence-corrected chi connectivity index (χ4v) is 2.00. The van der Waals surface area contributed by atoms with Gasteiger partial charge in [-0.25, -0.2) is 4.39 Å². The molecule has 8 heteroatoms. The lowest BCUT2D eigenvalue weighted by Crippen LogP contribution is -2.40. The molecular formula is C12H10ClFN2O4. The largest absolute Gasteiger partial charge is 0.395 e. The molecule has 1 aromatic carbocycles. The van der Waals surface area contributed by atoms with E-state index in [9.17, 15) is 18.8 Å². The van der Waals surface area contributed by atoms with Crippen LogP contribution < -0.4 is 10.2 Å². The molecule has 0 unspecified atom stereocenters. The second kappa shape index (κ2) is 5.56. The number of fused-ring (bicyclic) bond motifs is 1. The van der Waals surface area contributed by atoms with Crippen LogP contribution in [-0.4, -0.2) is 42.4 Å². The number of amides is 2. The number of hydrogen-bond donors (Lipinski definition) is 2. The average Bonchev–Trinajstić information content (AvgIpc) is 2.63. The van der Waals surface area contributed by atoms with Gasteiger partial charge in [-0.3, -0.25) is 19.3 Å². The van der Waals surface area contributed by atoms with Gasteiger partial charge in [0.1, 0.15) is 12.4 Å². The number of carbonyl (C=O) groups is 3. The normalized spacial score (nSPS) is 13.7. The summed E-state index contributed by atoms with van der Waals surface area (Å²) < 4.78 is 13.4. The van der Waals surface area contributed by atoms with Crippen LogP contribution in [-0.2, 0) is 9.59 Å². The van der Waals surface area contributed by atoms with E-state index < -0.39 is 30.0 Å². The first-order valence-corrected chi connectivity index (χ1v) is 6.06. The van der Waals surface area contributed by atoms with Gasteiger partial charge >= 0.3 is 0 Å². The Morgan fingerprint density at radius 3 is 2.75 bits per heavy atom. The number of ketones is 1. The number of Topliss-reactive ketones (excluding diaryl/α,β-unsaturated/α-hetero) is 1. The van der Waals surface area contributed by atoms with E-state index in [2.05, 4.69) is 5.32 Å². The van der Waals surface area contributed by atoms with E-state index in [0.29, 0.717) is 0 Å². The van der Waals surface area contributed by atoms with Gasteiger partial charge in [0, 0.05) is 6.54 Å². The molecule has 0 saturated heterocycles. The standard InChI is InChI=1S/C12H10ClFN2O4/c13-7-3-6-9(4-8(7)14)16(12(20)11(6)19)5-10(18)15-1-2-17/h3-4,17H,1-2,5H2,(H,15,18). The number of carbonyl (C=O) groups excluding carboxylic acids is 3. The van der Waals surface area contributed by atoms with Crippen molar-refractivity contribution in [3.8, 4) is 0 Å². The Bertz CT molecular complexity index is 605. The maximum atomic E-state index is 13.4. The number of aliphatic hydroxyl groups is 1. The smallest absolute Gasteiger partial charge is 0.299 e. The Balaban J connectivity index is 2.28. The molecular weight excluding hydrogens is 291 g/mol. The highest BCUT2D eigenvalue weighted by Gasteiger charge is 2.37. The predicted octanol–water partition coefficient (Wildman–Crippen LogP) is 0.117. The molecule has 2 amide bonds. The average molecular weight is 301 g/mol. The van der Waals surface area contributed by atoms with Crippen molar-refractivity contribution in [1.29, 1.82) is 0 Å². The maximum Gasteiger partial charge on any atom is 0.299 e. The Morgan fingerprint density at radius 1 is 1.40 bits per heavy atom. The van der Waals surface area contributed by atoms with Gasteiger partial charge in [0.05, 0.1) is 22.9 Å². The Labute approximate surface area is 118 Å². The molecule has 1 aromatic rings. The monoisotopic (exact) mass is 300 g/mol. The fourth-order valence-electron chi connectivity index (χ4n) is 1.84. The first-order chi connectivity index (χ1) is 9.45. The first kappa shape index (κ1) is 14.4. The third-order valence-electron chi connectivity index (χ3n) is 2.75. The summed E-state index contributed by atoms with van der Waals surface area (Å²) in [7, 11) is 0. The van der Waals surface area contributed by atoms with E-state index in [1.54, 1.807) is 0 Å². The molecule has 0 spiro atoms. The van der Waals surface area contributed by atoms with Crippen LogP contribution in [0.25, 0.3) is 0 Å². The Kier molecular flexibility index (Phi) is 4.01. The molecule has 6 nitrogen and oxygen atoms in total. The lowest BCUT2D eigenvalue weighted by atomic mass is 10.1. The highest BCUT2D eigenvalue weighted by Crippen LogP contribution is 2.32. The second-order valence-electron chi connectivity index (χ2n) is 4.08. The molecule has 106 valence electrons. The molecule has 2 N–H and O–H groups in total. The molecule has 0 fully saturated rings. The summed E-state index contributed by atoms with van der Waals surface area (Å²) in [5.74, 6) is -3.10. The van der Waals surface area contributed by atoms with E-state index in [4.69, 9.17) is 16.7 Å². The van der Waals surface area contributed by atoms with Crippen molar-refractivity contribution < 1.29 is 23.9 Å². The number of benzene rings is 1. The number of rotatable bonds is 4. The van der Waals surface area contributed by atoms with Crippen LogP contribution in [0.4, 0.5) is 10.1 Å².